The summed E-state index contributed by atoms with van der Waals surface area (Å²) in [6.45, 7) is 5.65. The molecule has 3 N–H and O–H groups in total. The van der Waals surface area contributed by atoms with Crippen LogP contribution in [0.15, 0.2) is 0 Å². The Bertz CT molecular complexity index is 161. The third kappa shape index (κ3) is 1.27. The van der Waals surface area contributed by atoms with Crippen molar-refractivity contribution in [2.24, 2.45) is 23.0 Å². The zero-order valence-electron chi connectivity index (χ0n) is 7.97. The first-order valence-corrected chi connectivity index (χ1v) is 5.19. The van der Waals surface area contributed by atoms with Crippen molar-refractivity contribution in [2.45, 2.75) is 26.2 Å². The van der Waals surface area contributed by atoms with Crippen molar-refractivity contribution in [3.8, 4) is 0 Å². The summed E-state index contributed by atoms with van der Waals surface area (Å²) in [4.78, 5) is 0. The lowest BCUT2D eigenvalue weighted by Gasteiger charge is -2.25. The van der Waals surface area contributed by atoms with Gasteiger partial charge in [-0.05, 0) is 49.6 Å². The molecule has 1 saturated heterocycles. The second-order valence-electron chi connectivity index (χ2n) is 4.67. The molecule has 12 heavy (non-hydrogen) atoms. The number of hydrogen-bond acceptors (Lipinski definition) is 2. The number of piperidine rings is 1. The van der Waals surface area contributed by atoms with Gasteiger partial charge in [-0.15, -0.1) is 0 Å². The fraction of sp³-hybridized carbons (Fsp3) is 1.00. The molecule has 0 radical (unpaired) electrons. The second kappa shape index (κ2) is 3.00. The molecule has 1 heterocycles. The minimum absolute atomic E-state index is 0.678. The van der Waals surface area contributed by atoms with Crippen molar-refractivity contribution in [1.82, 2.24) is 5.32 Å². The Hall–Kier alpha value is -0.0800. The van der Waals surface area contributed by atoms with Crippen LogP contribution < -0.4 is 11.1 Å². The Morgan fingerprint density at radius 3 is 3.08 bits per heavy atom. The minimum atomic E-state index is 0.678. The van der Waals surface area contributed by atoms with Crippen molar-refractivity contribution >= 4 is 0 Å². The molecule has 2 fully saturated rings. The summed E-state index contributed by atoms with van der Waals surface area (Å²) < 4.78 is 0. The van der Waals surface area contributed by atoms with Gasteiger partial charge in [0.25, 0.3) is 0 Å². The summed E-state index contributed by atoms with van der Waals surface area (Å²) in [5.74, 6) is 1.67. The van der Waals surface area contributed by atoms with E-state index in [0.717, 1.165) is 18.4 Å². The fourth-order valence-corrected chi connectivity index (χ4v) is 2.83. The monoisotopic (exact) mass is 168 g/mol. The lowest BCUT2D eigenvalue weighted by molar-refractivity contribution is 0.296. The lowest BCUT2D eigenvalue weighted by Crippen LogP contribution is -2.33. The first kappa shape index (κ1) is 8.52. The molecule has 0 amide bonds. The highest BCUT2D eigenvalue weighted by molar-refractivity contribution is 5.06. The number of nitrogens with two attached hydrogens (primary N) is 1. The number of nitrogens with one attached hydrogen (secondary N) is 1. The van der Waals surface area contributed by atoms with E-state index in [9.17, 15) is 0 Å². The molecule has 0 aromatic rings. The molecule has 1 saturated carbocycles. The largest absolute Gasteiger partial charge is 0.330 e. The highest BCUT2D eigenvalue weighted by atomic mass is 14.9. The van der Waals surface area contributed by atoms with Crippen LogP contribution in [0, 0.1) is 17.3 Å². The third-order valence-electron chi connectivity index (χ3n) is 3.82. The summed E-state index contributed by atoms with van der Waals surface area (Å²) in [6, 6.07) is 0. The van der Waals surface area contributed by atoms with Crippen LogP contribution in [0.4, 0.5) is 0 Å². The SMILES string of the molecule is CC(CN)C1CC12CCCNC2. The molecule has 1 spiro atoms. The van der Waals surface area contributed by atoms with Crippen LogP contribution in [-0.2, 0) is 0 Å². The number of hydrogen-bond donors (Lipinski definition) is 2. The van der Waals surface area contributed by atoms with E-state index in [-0.39, 0.29) is 0 Å². The molecule has 2 heteroatoms. The van der Waals surface area contributed by atoms with Gasteiger partial charge in [-0.1, -0.05) is 6.92 Å². The van der Waals surface area contributed by atoms with E-state index in [1.54, 1.807) is 0 Å². The molecule has 2 aliphatic rings. The maximum Gasteiger partial charge on any atom is 0.00107 e. The Morgan fingerprint density at radius 1 is 1.67 bits per heavy atom. The van der Waals surface area contributed by atoms with Gasteiger partial charge in [0.15, 0.2) is 0 Å². The van der Waals surface area contributed by atoms with Crippen molar-refractivity contribution in [3.63, 3.8) is 0 Å². The first-order valence-electron chi connectivity index (χ1n) is 5.19. The zero-order valence-corrected chi connectivity index (χ0v) is 7.97. The van der Waals surface area contributed by atoms with Crippen molar-refractivity contribution in [2.75, 3.05) is 19.6 Å². The van der Waals surface area contributed by atoms with Crippen LogP contribution >= 0.6 is 0 Å². The molecule has 1 aliphatic carbocycles. The molecule has 70 valence electrons. The smallest absolute Gasteiger partial charge is 0.00107 e. The molecule has 3 atom stereocenters. The molecule has 2 nitrogen and oxygen atoms in total. The Balaban J connectivity index is 1.90. The van der Waals surface area contributed by atoms with Crippen LogP contribution in [0.3, 0.4) is 0 Å². The fourth-order valence-electron chi connectivity index (χ4n) is 2.83. The number of rotatable bonds is 2. The van der Waals surface area contributed by atoms with Gasteiger partial charge in [-0.3, -0.25) is 0 Å². The summed E-state index contributed by atoms with van der Waals surface area (Å²) >= 11 is 0. The van der Waals surface area contributed by atoms with Gasteiger partial charge >= 0.3 is 0 Å². The van der Waals surface area contributed by atoms with Crippen molar-refractivity contribution in [1.29, 1.82) is 0 Å². The highest BCUT2D eigenvalue weighted by Gasteiger charge is 2.55. The van der Waals surface area contributed by atoms with Gasteiger partial charge in [0.2, 0.25) is 0 Å². The van der Waals surface area contributed by atoms with Gasteiger partial charge < -0.3 is 11.1 Å². The minimum Gasteiger partial charge on any atom is -0.330 e. The predicted octanol–water partition coefficient (Wildman–Crippen LogP) is 0.971. The molecular formula is C10H20N2. The molecule has 3 unspecified atom stereocenters. The molecule has 0 bridgehead atoms. The van der Waals surface area contributed by atoms with E-state index in [1.165, 1.54) is 32.4 Å². The van der Waals surface area contributed by atoms with Gasteiger partial charge in [-0.25, -0.2) is 0 Å². The Kier molecular flexibility index (Phi) is 2.13. The van der Waals surface area contributed by atoms with Gasteiger partial charge in [-0.2, -0.15) is 0 Å². The second-order valence-corrected chi connectivity index (χ2v) is 4.67. The Labute approximate surface area is 74.9 Å². The third-order valence-corrected chi connectivity index (χ3v) is 3.82. The van der Waals surface area contributed by atoms with Gasteiger partial charge in [0, 0.05) is 6.54 Å². The summed E-state index contributed by atoms with van der Waals surface area (Å²) in [5, 5.41) is 3.51. The van der Waals surface area contributed by atoms with E-state index in [4.69, 9.17) is 5.73 Å². The van der Waals surface area contributed by atoms with Crippen LogP contribution in [0.1, 0.15) is 26.2 Å². The van der Waals surface area contributed by atoms with Crippen LogP contribution in [-0.4, -0.2) is 19.6 Å². The quantitative estimate of drug-likeness (QED) is 0.645. The lowest BCUT2D eigenvalue weighted by atomic mass is 9.89. The van der Waals surface area contributed by atoms with E-state index in [2.05, 4.69) is 12.2 Å². The first-order chi connectivity index (χ1) is 5.78. The summed E-state index contributed by atoms with van der Waals surface area (Å²) in [7, 11) is 0. The Morgan fingerprint density at radius 2 is 2.50 bits per heavy atom. The van der Waals surface area contributed by atoms with E-state index < -0.39 is 0 Å². The van der Waals surface area contributed by atoms with E-state index in [1.807, 2.05) is 0 Å². The standard InChI is InChI=1S/C10H20N2/c1-8(6-11)9-5-10(9)3-2-4-12-7-10/h8-9,12H,2-7,11H2,1H3. The molecule has 0 aromatic heterocycles. The van der Waals surface area contributed by atoms with Gasteiger partial charge in [0.05, 0.1) is 0 Å². The average Bonchev–Trinajstić information content (AvgIpc) is 2.80. The van der Waals surface area contributed by atoms with Crippen molar-refractivity contribution in [3.05, 3.63) is 0 Å². The molecule has 1 aliphatic heterocycles. The predicted molar refractivity (Wildman–Crippen MR) is 50.9 cm³/mol. The molecule has 2 rings (SSSR count). The van der Waals surface area contributed by atoms with Crippen LogP contribution in [0.2, 0.25) is 0 Å². The highest BCUT2D eigenvalue weighted by Crippen LogP contribution is 2.59. The topological polar surface area (TPSA) is 38.0 Å². The average molecular weight is 168 g/mol. The summed E-state index contributed by atoms with van der Waals surface area (Å²) in [5.41, 5.74) is 6.36. The normalized spacial score (nSPS) is 43.0. The molecule has 0 aromatic carbocycles. The van der Waals surface area contributed by atoms with Crippen molar-refractivity contribution < 1.29 is 0 Å². The van der Waals surface area contributed by atoms with E-state index >= 15 is 0 Å². The van der Waals surface area contributed by atoms with Crippen LogP contribution in [0.25, 0.3) is 0 Å². The molecular weight excluding hydrogens is 148 g/mol. The van der Waals surface area contributed by atoms with Gasteiger partial charge in [0.1, 0.15) is 0 Å². The maximum absolute atomic E-state index is 5.68. The van der Waals surface area contributed by atoms with Crippen LogP contribution in [0.5, 0.6) is 0 Å². The van der Waals surface area contributed by atoms with E-state index in [0.29, 0.717) is 5.41 Å². The maximum atomic E-state index is 5.68. The zero-order chi connectivity index (χ0) is 8.60. The summed E-state index contributed by atoms with van der Waals surface area (Å²) in [6.07, 6.45) is 4.24.